The van der Waals surface area contributed by atoms with Gasteiger partial charge in [0.25, 0.3) is 5.91 Å². The summed E-state index contributed by atoms with van der Waals surface area (Å²) in [4.78, 5) is 23.5. The lowest BCUT2D eigenvalue weighted by atomic mass is 10.0. The summed E-state index contributed by atoms with van der Waals surface area (Å²) in [5, 5.41) is 3.93. The van der Waals surface area contributed by atoms with E-state index in [4.69, 9.17) is 9.47 Å². The molecule has 2 aromatic rings. The minimum atomic E-state index is -0.374. The number of nitrogens with zero attached hydrogens (tertiary/aromatic N) is 1. The second-order valence-corrected chi connectivity index (χ2v) is 6.56. The SMILES string of the molecule is CCCOC(=O)c1ccc(OCC(=O)NN=Cc2ccc(C(C)C)cc2)cc1. The van der Waals surface area contributed by atoms with Gasteiger partial charge in [-0.05, 0) is 47.7 Å². The van der Waals surface area contributed by atoms with Crippen molar-refractivity contribution in [2.45, 2.75) is 33.1 Å². The van der Waals surface area contributed by atoms with Gasteiger partial charge in [-0.1, -0.05) is 45.0 Å². The fourth-order valence-corrected chi connectivity index (χ4v) is 2.29. The van der Waals surface area contributed by atoms with Crippen molar-refractivity contribution in [3.8, 4) is 5.75 Å². The molecular weight excluding hydrogens is 356 g/mol. The Labute approximate surface area is 165 Å². The van der Waals surface area contributed by atoms with Crippen molar-refractivity contribution < 1.29 is 19.1 Å². The first kappa shape index (κ1) is 21.2. The number of hydrogen-bond acceptors (Lipinski definition) is 5. The minimum absolute atomic E-state index is 0.177. The van der Waals surface area contributed by atoms with E-state index in [9.17, 15) is 9.59 Å². The van der Waals surface area contributed by atoms with Crippen LogP contribution in [0.5, 0.6) is 5.75 Å². The third-order valence-corrected chi connectivity index (χ3v) is 3.90. The first-order valence-corrected chi connectivity index (χ1v) is 9.31. The van der Waals surface area contributed by atoms with E-state index in [0.29, 0.717) is 23.8 Å². The van der Waals surface area contributed by atoms with Crippen molar-refractivity contribution in [3.05, 3.63) is 65.2 Å². The van der Waals surface area contributed by atoms with Crippen LogP contribution in [0.2, 0.25) is 0 Å². The largest absolute Gasteiger partial charge is 0.484 e. The molecule has 0 radical (unpaired) electrons. The molecule has 1 N–H and O–H groups in total. The van der Waals surface area contributed by atoms with Gasteiger partial charge in [-0.15, -0.1) is 0 Å². The lowest BCUT2D eigenvalue weighted by Gasteiger charge is -2.07. The van der Waals surface area contributed by atoms with E-state index in [1.54, 1.807) is 30.5 Å². The van der Waals surface area contributed by atoms with Gasteiger partial charge in [-0.25, -0.2) is 10.2 Å². The maximum atomic E-state index is 11.8. The predicted molar refractivity (Wildman–Crippen MR) is 109 cm³/mol. The molecule has 0 unspecified atom stereocenters. The zero-order chi connectivity index (χ0) is 20.4. The van der Waals surface area contributed by atoms with Gasteiger partial charge in [0.2, 0.25) is 0 Å². The topological polar surface area (TPSA) is 77.0 Å². The molecule has 148 valence electrons. The Balaban J connectivity index is 1.76. The van der Waals surface area contributed by atoms with Crippen LogP contribution in [0.4, 0.5) is 0 Å². The van der Waals surface area contributed by atoms with Gasteiger partial charge in [-0.3, -0.25) is 4.79 Å². The van der Waals surface area contributed by atoms with Crippen LogP contribution in [0.1, 0.15) is 54.6 Å². The van der Waals surface area contributed by atoms with Crippen molar-refractivity contribution in [1.29, 1.82) is 0 Å². The number of benzene rings is 2. The van der Waals surface area contributed by atoms with Crippen LogP contribution < -0.4 is 10.2 Å². The van der Waals surface area contributed by atoms with Gasteiger partial charge in [0, 0.05) is 0 Å². The molecule has 0 heterocycles. The van der Waals surface area contributed by atoms with E-state index < -0.39 is 0 Å². The van der Waals surface area contributed by atoms with Crippen LogP contribution in [-0.2, 0) is 9.53 Å². The van der Waals surface area contributed by atoms with Crippen molar-refractivity contribution in [3.63, 3.8) is 0 Å². The number of hydrazone groups is 1. The van der Waals surface area contributed by atoms with Gasteiger partial charge in [0.15, 0.2) is 6.61 Å². The summed E-state index contributed by atoms with van der Waals surface area (Å²) in [6, 6.07) is 14.4. The Morgan fingerprint density at radius 2 is 1.75 bits per heavy atom. The van der Waals surface area contributed by atoms with Crippen LogP contribution in [0, 0.1) is 0 Å². The lowest BCUT2D eigenvalue weighted by molar-refractivity contribution is -0.123. The first-order chi connectivity index (χ1) is 13.5. The number of esters is 1. The fraction of sp³-hybridized carbons (Fsp3) is 0.318. The summed E-state index contributed by atoms with van der Waals surface area (Å²) in [6.45, 7) is 6.41. The van der Waals surface area contributed by atoms with E-state index in [0.717, 1.165) is 12.0 Å². The van der Waals surface area contributed by atoms with Gasteiger partial charge in [0.1, 0.15) is 5.75 Å². The standard InChI is InChI=1S/C22H26N2O4/c1-4-13-27-22(26)19-9-11-20(12-10-19)28-15-21(25)24-23-14-17-5-7-18(8-6-17)16(2)3/h5-12,14,16H,4,13,15H2,1-3H3,(H,24,25). The highest BCUT2D eigenvalue weighted by Gasteiger charge is 2.07. The highest BCUT2D eigenvalue weighted by atomic mass is 16.5. The molecular formula is C22H26N2O4. The average Bonchev–Trinajstić information content (AvgIpc) is 2.71. The van der Waals surface area contributed by atoms with Gasteiger partial charge < -0.3 is 9.47 Å². The van der Waals surface area contributed by atoms with E-state index in [1.165, 1.54) is 5.56 Å². The van der Waals surface area contributed by atoms with Gasteiger partial charge in [-0.2, -0.15) is 5.10 Å². The third kappa shape index (κ3) is 6.87. The third-order valence-electron chi connectivity index (χ3n) is 3.90. The van der Waals surface area contributed by atoms with Gasteiger partial charge in [0.05, 0.1) is 18.4 Å². The van der Waals surface area contributed by atoms with Crippen LogP contribution in [-0.4, -0.2) is 31.3 Å². The van der Waals surface area contributed by atoms with Gasteiger partial charge >= 0.3 is 5.97 Å². The predicted octanol–water partition coefficient (Wildman–Crippen LogP) is 3.91. The summed E-state index contributed by atoms with van der Waals surface area (Å²) in [6.07, 6.45) is 2.35. The number of hydrogen-bond donors (Lipinski definition) is 1. The molecule has 0 aliphatic carbocycles. The molecule has 6 nitrogen and oxygen atoms in total. The molecule has 2 rings (SSSR count). The molecule has 0 saturated heterocycles. The number of nitrogens with one attached hydrogen (secondary N) is 1. The Kier molecular flexibility index (Phi) is 8.21. The summed E-state index contributed by atoms with van der Waals surface area (Å²) in [5.41, 5.74) is 5.01. The maximum absolute atomic E-state index is 11.8. The Morgan fingerprint density at radius 3 is 2.36 bits per heavy atom. The van der Waals surface area contributed by atoms with Crippen LogP contribution >= 0.6 is 0 Å². The van der Waals surface area contributed by atoms with Crippen molar-refractivity contribution in [1.82, 2.24) is 5.43 Å². The molecule has 0 spiro atoms. The average molecular weight is 382 g/mol. The smallest absolute Gasteiger partial charge is 0.338 e. The molecule has 6 heteroatoms. The highest BCUT2D eigenvalue weighted by molar-refractivity contribution is 5.89. The summed E-state index contributed by atoms with van der Waals surface area (Å²) >= 11 is 0. The van der Waals surface area contributed by atoms with E-state index in [2.05, 4.69) is 24.4 Å². The Hall–Kier alpha value is -3.15. The van der Waals surface area contributed by atoms with Crippen LogP contribution in [0.15, 0.2) is 53.6 Å². The van der Waals surface area contributed by atoms with Crippen molar-refractivity contribution >= 4 is 18.1 Å². The molecule has 1 amide bonds. The van der Waals surface area contributed by atoms with Crippen LogP contribution in [0.25, 0.3) is 0 Å². The zero-order valence-electron chi connectivity index (χ0n) is 16.5. The van der Waals surface area contributed by atoms with E-state index in [-0.39, 0.29) is 18.5 Å². The van der Waals surface area contributed by atoms with E-state index in [1.807, 2.05) is 31.2 Å². The fourth-order valence-electron chi connectivity index (χ4n) is 2.29. The molecule has 0 bridgehead atoms. The number of carbonyl (C=O) groups excluding carboxylic acids is 2. The lowest BCUT2D eigenvalue weighted by Crippen LogP contribution is -2.24. The molecule has 0 aliphatic rings. The Morgan fingerprint density at radius 1 is 1.07 bits per heavy atom. The molecule has 0 aromatic heterocycles. The first-order valence-electron chi connectivity index (χ1n) is 9.31. The monoisotopic (exact) mass is 382 g/mol. The molecule has 0 fully saturated rings. The van der Waals surface area contributed by atoms with E-state index >= 15 is 0 Å². The molecule has 0 saturated carbocycles. The highest BCUT2D eigenvalue weighted by Crippen LogP contribution is 2.14. The number of ether oxygens (including phenoxy) is 2. The summed E-state index contributed by atoms with van der Waals surface area (Å²) < 4.78 is 10.4. The number of amides is 1. The zero-order valence-corrected chi connectivity index (χ0v) is 16.5. The summed E-state index contributed by atoms with van der Waals surface area (Å²) in [7, 11) is 0. The van der Waals surface area contributed by atoms with Crippen LogP contribution in [0.3, 0.4) is 0 Å². The summed E-state index contributed by atoms with van der Waals surface area (Å²) in [5.74, 6) is 0.206. The molecule has 0 atom stereocenters. The molecule has 2 aromatic carbocycles. The number of carbonyl (C=O) groups is 2. The quantitative estimate of drug-likeness (QED) is 0.405. The second kappa shape index (κ2) is 10.9. The maximum Gasteiger partial charge on any atom is 0.338 e. The normalized spacial score (nSPS) is 10.9. The van der Waals surface area contributed by atoms with Crippen molar-refractivity contribution in [2.24, 2.45) is 5.10 Å². The Bertz CT molecular complexity index is 796. The molecule has 0 aliphatic heterocycles. The minimum Gasteiger partial charge on any atom is -0.484 e. The van der Waals surface area contributed by atoms with Crippen molar-refractivity contribution in [2.75, 3.05) is 13.2 Å². The molecule has 28 heavy (non-hydrogen) atoms. The number of rotatable bonds is 9. The second-order valence-electron chi connectivity index (χ2n) is 6.56.